The van der Waals surface area contributed by atoms with Gasteiger partial charge in [-0.2, -0.15) is 5.10 Å². The third-order valence-electron chi connectivity index (χ3n) is 2.93. The van der Waals surface area contributed by atoms with Gasteiger partial charge in [0.25, 0.3) is 0 Å². The normalized spacial score (nSPS) is 10.8. The smallest absolute Gasteiger partial charge is 0.356 e. The fourth-order valence-electron chi connectivity index (χ4n) is 2.10. The highest BCUT2D eigenvalue weighted by Crippen LogP contribution is 2.24. The van der Waals surface area contributed by atoms with Crippen molar-refractivity contribution in [3.05, 3.63) is 41.7 Å². The van der Waals surface area contributed by atoms with Gasteiger partial charge in [0.05, 0.1) is 7.11 Å². The molecule has 1 aromatic carbocycles. The van der Waals surface area contributed by atoms with Gasteiger partial charge in [0.1, 0.15) is 11.4 Å². The summed E-state index contributed by atoms with van der Waals surface area (Å²) in [7, 11) is 1.59. The first-order chi connectivity index (χ1) is 9.52. The number of rotatable bonds is 5. The molecule has 0 aliphatic rings. The van der Waals surface area contributed by atoms with Crippen LogP contribution in [0.25, 0.3) is 5.69 Å². The molecule has 0 fully saturated rings. The van der Waals surface area contributed by atoms with E-state index >= 15 is 0 Å². The molecule has 2 aromatic rings. The van der Waals surface area contributed by atoms with Crippen LogP contribution in [0, 0.1) is 5.92 Å². The molecule has 2 rings (SSSR count). The van der Waals surface area contributed by atoms with Crippen LogP contribution >= 0.6 is 0 Å². The summed E-state index contributed by atoms with van der Waals surface area (Å²) in [6.07, 6.45) is 0.748. The Labute approximate surface area is 117 Å². The Morgan fingerprint density at radius 1 is 1.40 bits per heavy atom. The SMILES string of the molecule is COc1ccccc1-n1nc(C(=O)O)cc1CC(C)C. The van der Waals surface area contributed by atoms with Crippen LogP contribution in [0.1, 0.15) is 30.0 Å². The third kappa shape index (κ3) is 2.82. The largest absolute Gasteiger partial charge is 0.494 e. The van der Waals surface area contributed by atoms with Crippen LogP contribution in [0.3, 0.4) is 0 Å². The Morgan fingerprint density at radius 3 is 2.70 bits per heavy atom. The van der Waals surface area contributed by atoms with Crippen molar-refractivity contribution in [2.75, 3.05) is 7.11 Å². The van der Waals surface area contributed by atoms with E-state index in [-0.39, 0.29) is 5.69 Å². The topological polar surface area (TPSA) is 64.4 Å². The van der Waals surface area contributed by atoms with Crippen LogP contribution in [-0.4, -0.2) is 28.0 Å². The fourth-order valence-corrected chi connectivity index (χ4v) is 2.10. The first-order valence-corrected chi connectivity index (χ1v) is 6.48. The summed E-state index contributed by atoms with van der Waals surface area (Å²) in [4.78, 5) is 11.1. The van der Waals surface area contributed by atoms with Crippen molar-refractivity contribution >= 4 is 5.97 Å². The van der Waals surface area contributed by atoms with Crippen LogP contribution in [0.4, 0.5) is 0 Å². The van der Waals surface area contributed by atoms with Crippen molar-refractivity contribution in [3.63, 3.8) is 0 Å². The van der Waals surface area contributed by atoms with E-state index in [1.807, 2.05) is 24.3 Å². The second-order valence-corrected chi connectivity index (χ2v) is 5.01. The zero-order chi connectivity index (χ0) is 14.7. The van der Waals surface area contributed by atoms with Crippen molar-refractivity contribution in [3.8, 4) is 11.4 Å². The van der Waals surface area contributed by atoms with Gasteiger partial charge in [0.2, 0.25) is 0 Å². The summed E-state index contributed by atoms with van der Waals surface area (Å²) in [5.74, 6) is 0.0444. The zero-order valence-electron chi connectivity index (χ0n) is 11.8. The number of para-hydroxylation sites is 2. The Kier molecular flexibility index (Phi) is 4.08. The first-order valence-electron chi connectivity index (χ1n) is 6.48. The van der Waals surface area contributed by atoms with Gasteiger partial charge in [-0.05, 0) is 30.5 Å². The number of carboxylic acids is 1. The van der Waals surface area contributed by atoms with Crippen LogP contribution in [0.15, 0.2) is 30.3 Å². The summed E-state index contributed by atoms with van der Waals surface area (Å²) in [5.41, 5.74) is 1.66. The molecule has 1 heterocycles. The van der Waals surface area contributed by atoms with Gasteiger partial charge in [-0.15, -0.1) is 0 Å². The van der Waals surface area contributed by atoms with Crippen LogP contribution in [-0.2, 0) is 6.42 Å². The number of carbonyl (C=O) groups is 1. The highest BCUT2D eigenvalue weighted by Gasteiger charge is 2.17. The number of hydrogen-bond acceptors (Lipinski definition) is 3. The van der Waals surface area contributed by atoms with Crippen molar-refractivity contribution in [2.45, 2.75) is 20.3 Å². The number of aromatic carboxylic acids is 1. The number of ether oxygens (including phenoxy) is 1. The molecule has 106 valence electrons. The molecule has 5 heteroatoms. The summed E-state index contributed by atoms with van der Waals surface area (Å²) < 4.78 is 6.98. The molecule has 0 saturated carbocycles. The second kappa shape index (κ2) is 5.77. The first kappa shape index (κ1) is 14.1. The third-order valence-corrected chi connectivity index (χ3v) is 2.93. The Bertz CT molecular complexity index is 617. The average Bonchev–Trinajstić information content (AvgIpc) is 2.81. The lowest BCUT2D eigenvalue weighted by Crippen LogP contribution is -2.07. The van der Waals surface area contributed by atoms with Gasteiger partial charge < -0.3 is 9.84 Å². The Hall–Kier alpha value is -2.30. The molecular weight excluding hydrogens is 256 g/mol. The van der Waals surface area contributed by atoms with Crippen molar-refractivity contribution in [1.82, 2.24) is 9.78 Å². The van der Waals surface area contributed by atoms with Crippen LogP contribution in [0.5, 0.6) is 5.75 Å². The fraction of sp³-hybridized carbons (Fsp3) is 0.333. The van der Waals surface area contributed by atoms with E-state index in [9.17, 15) is 4.79 Å². The predicted molar refractivity (Wildman–Crippen MR) is 75.6 cm³/mol. The number of aromatic nitrogens is 2. The maximum absolute atomic E-state index is 11.1. The maximum atomic E-state index is 11.1. The van der Waals surface area contributed by atoms with E-state index in [1.165, 1.54) is 0 Å². The monoisotopic (exact) mass is 274 g/mol. The summed E-state index contributed by atoms with van der Waals surface area (Å²) in [5, 5.41) is 13.3. The number of nitrogens with zero attached hydrogens (tertiary/aromatic N) is 2. The molecule has 0 spiro atoms. The molecule has 20 heavy (non-hydrogen) atoms. The highest BCUT2D eigenvalue weighted by atomic mass is 16.5. The molecule has 0 amide bonds. The van der Waals surface area contributed by atoms with Crippen molar-refractivity contribution < 1.29 is 14.6 Å². The predicted octanol–water partition coefficient (Wildman–Crippen LogP) is 2.78. The molecule has 0 bridgehead atoms. The number of methoxy groups -OCH3 is 1. The van der Waals surface area contributed by atoms with Crippen LogP contribution in [0.2, 0.25) is 0 Å². The number of carboxylic acid groups (broad SMARTS) is 1. The van der Waals surface area contributed by atoms with Gasteiger partial charge >= 0.3 is 5.97 Å². The van der Waals surface area contributed by atoms with E-state index in [1.54, 1.807) is 17.9 Å². The van der Waals surface area contributed by atoms with E-state index in [2.05, 4.69) is 18.9 Å². The molecule has 1 N–H and O–H groups in total. The molecule has 0 unspecified atom stereocenters. The number of benzene rings is 1. The minimum absolute atomic E-state index is 0.0477. The molecular formula is C15H18N2O3. The Balaban J connectivity index is 2.56. The Morgan fingerprint density at radius 2 is 2.10 bits per heavy atom. The molecule has 5 nitrogen and oxygen atoms in total. The molecule has 0 aliphatic heterocycles. The zero-order valence-corrected chi connectivity index (χ0v) is 11.8. The van der Waals surface area contributed by atoms with Crippen molar-refractivity contribution in [2.24, 2.45) is 5.92 Å². The molecule has 1 aromatic heterocycles. The quantitative estimate of drug-likeness (QED) is 0.910. The maximum Gasteiger partial charge on any atom is 0.356 e. The van der Waals surface area contributed by atoms with E-state index in [4.69, 9.17) is 9.84 Å². The molecule has 0 saturated heterocycles. The lowest BCUT2D eigenvalue weighted by molar-refractivity contribution is 0.0690. The lowest BCUT2D eigenvalue weighted by Gasteiger charge is -2.12. The molecule has 0 radical (unpaired) electrons. The minimum atomic E-state index is -1.02. The summed E-state index contributed by atoms with van der Waals surface area (Å²) in [6, 6.07) is 9.05. The highest BCUT2D eigenvalue weighted by molar-refractivity contribution is 5.85. The van der Waals surface area contributed by atoms with Gasteiger partial charge in [0.15, 0.2) is 5.69 Å². The second-order valence-electron chi connectivity index (χ2n) is 5.01. The summed E-state index contributed by atoms with van der Waals surface area (Å²) in [6.45, 7) is 4.17. The lowest BCUT2D eigenvalue weighted by atomic mass is 10.1. The standard InChI is InChI=1S/C15H18N2O3/c1-10(2)8-11-9-12(15(18)19)16-17(11)13-6-4-5-7-14(13)20-3/h4-7,9-10H,8H2,1-3H3,(H,18,19). The van der Waals surface area contributed by atoms with E-state index in [0.29, 0.717) is 11.7 Å². The van der Waals surface area contributed by atoms with Gasteiger partial charge in [-0.25, -0.2) is 9.48 Å². The van der Waals surface area contributed by atoms with Gasteiger partial charge in [0, 0.05) is 5.69 Å². The molecule has 0 aliphatic carbocycles. The average molecular weight is 274 g/mol. The molecule has 0 atom stereocenters. The minimum Gasteiger partial charge on any atom is -0.494 e. The van der Waals surface area contributed by atoms with Crippen molar-refractivity contribution in [1.29, 1.82) is 0 Å². The van der Waals surface area contributed by atoms with E-state index in [0.717, 1.165) is 17.8 Å². The number of hydrogen-bond donors (Lipinski definition) is 1. The summed E-state index contributed by atoms with van der Waals surface area (Å²) >= 11 is 0. The van der Waals surface area contributed by atoms with Gasteiger partial charge in [-0.3, -0.25) is 0 Å². The van der Waals surface area contributed by atoms with Gasteiger partial charge in [-0.1, -0.05) is 26.0 Å². The van der Waals surface area contributed by atoms with Crippen LogP contribution < -0.4 is 4.74 Å². The van der Waals surface area contributed by atoms with E-state index < -0.39 is 5.97 Å².